The maximum Gasteiger partial charge on any atom is 0.311 e. The predicted molar refractivity (Wildman–Crippen MR) is 80.9 cm³/mol. The minimum Gasteiger partial charge on any atom is -0.482 e. The Balaban J connectivity index is 2.23. The fraction of sp³-hybridized carbons (Fsp3) is 0.200. The summed E-state index contributed by atoms with van der Waals surface area (Å²) in [6.45, 7) is 1.97. The summed E-state index contributed by atoms with van der Waals surface area (Å²) < 4.78 is 19.2. The molecule has 2 rings (SSSR count). The first kappa shape index (κ1) is 15.4. The molecule has 0 radical (unpaired) electrons. The van der Waals surface area contributed by atoms with Crippen molar-refractivity contribution in [3.63, 3.8) is 0 Å². The summed E-state index contributed by atoms with van der Waals surface area (Å²) in [5.74, 6) is -0.222. The highest BCUT2D eigenvalue weighted by molar-refractivity contribution is 9.10. The van der Waals surface area contributed by atoms with E-state index in [1.807, 2.05) is 6.92 Å². The third-order valence-electron chi connectivity index (χ3n) is 3.04. The molecule has 4 nitrogen and oxygen atoms in total. The number of nitro benzene ring substituents is 1. The van der Waals surface area contributed by atoms with Crippen LogP contribution >= 0.6 is 15.9 Å². The second kappa shape index (κ2) is 6.67. The standard InChI is InChI=1S/C15H13BrFNO3/c1-2-10-6-7-14(13(8-10)18(19)20)21-9-11-4-3-5-12(17)15(11)16/h3-8H,2,9H2,1H3. The van der Waals surface area contributed by atoms with E-state index in [1.165, 1.54) is 12.1 Å². The average Bonchev–Trinajstić information content (AvgIpc) is 2.48. The summed E-state index contributed by atoms with van der Waals surface area (Å²) in [6.07, 6.45) is 0.705. The van der Waals surface area contributed by atoms with Gasteiger partial charge in [-0.05, 0) is 40.0 Å². The zero-order valence-corrected chi connectivity index (χ0v) is 12.9. The van der Waals surface area contributed by atoms with E-state index in [9.17, 15) is 14.5 Å². The molecule has 0 aliphatic carbocycles. The molecule has 2 aromatic rings. The van der Waals surface area contributed by atoms with Crippen molar-refractivity contribution >= 4 is 21.6 Å². The molecule has 0 saturated heterocycles. The summed E-state index contributed by atoms with van der Waals surface area (Å²) in [7, 11) is 0. The van der Waals surface area contributed by atoms with Crippen LogP contribution in [0.4, 0.5) is 10.1 Å². The number of hydrogen-bond donors (Lipinski definition) is 0. The van der Waals surface area contributed by atoms with E-state index < -0.39 is 10.7 Å². The Labute approximate surface area is 129 Å². The second-order valence-electron chi connectivity index (χ2n) is 4.41. The van der Waals surface area contributed by atoms with Crippen LogP contribution in [0.3, 0.4) is 0 Å². The molecule has 0 atom stereocenters. The van der Waals surface area contributed by atoms with Crippen LogP contribution < -0.4 is 4.74 Å². The Morgan fingerprint density at radius 2 is 2.10 bits per heavy atom. The Morgan fingerprint density at radius 3 is 2.76 bits per heavy atom. The van der Waals surface area contributed by atoms with Crippen molar-refractivity contribution < 1.29 is 14.1 Å². The first-order valence-electron chi connectivity index (χ1n) is 6.36. The van der Waals surface area contributed by atoms with Gasteiger partial charge in [-0.3, -0.25) is 10.1 Å². The Hall–Kier alpha value is -1.95. The van der Waals surface area contributed by atoms with Gasteiger partial charge in [0.25, 0.3) is 0 Å². The topological polar surface area (TPSA) is 52.4 Å². The highest BCUT2D eigenvalue weighted by atomic mass is 79.9. The summed E-state index contributed by atoms with van der Waals surface area (Å²) in [6, 6.07) is 9.43. The summed E-state index contributed by atoms with van der Waals surface area (Å²) in [5, 5.41) is 11.1. The predicted octanol–water partition coefficient (Wildman–Crippen LogP) is 4.64. The van der Waals surface area contributed by atoms with Gasteiger partial charge in [0.2, 0.25) is 0 Å². The smallest absolute Gasteiger partial charge is 0.311 e. The minimum atomic E-state index is -0.477. The molecule has 21 heavy (non-hydrogen) atoms. The number of aryl methyl sites for hydroxylation is 1. The first-order valence-corrected chi connectivity index (χ1v) is 7.15. The lowest BCUT2D eigenvalue weighted by atomic mass is 10.1. The number of ether oxygens (including phenoxy) is 1. The van der Waals surface area contributed by atoms with Crippen LogP contribution in [0.25, 0.3) is 0 Å². The van der Waals surface area contributed by atoms with E-state index in [0.29, 0.717) is 16.5 Å². The number of nitro groups is 1. The van der Waals surface area contributed by atoms with Crippen molar-refractivity contribution in [1.29, 1.82) is 0 Å². The molecular formula is C15H13BrFNO3. The third-order valence-corrected chi connectivity index (χ3v) is 3.93. The lowest BCUT2D eigenvalue weighted by molar-refractivity contribution is -0.386. The van der Waals surface area contributed by atoms with Gasteiger partial charge in [-0.2, -0.15) is 0 Å². The third kappa shape index (κ3) is 3.58. The normalized spacial score (nSPS) is 10.4. The van der Waals surface area contributed by atoms with E-state index in [-0.39, 0.29) is 18.0 Å². The number of benzene rings is 2. The van der Waals surface area contributed by atoms with Crippen LogP contribution in [0, 0.1) is 15.9 Å². The summed E-state index contributed by atoms with van der Waals surface area (Å²) >= 11 is 3.14. The van der Waals surface area contributed by atoms with Crippen LogP contribution in [0.15, 0.2) is 40.9 Å². The van der Waals surface area contributed by atoms with Gasteiger partial charge in [0, 0.05) is 11.6 Å². The lowest BCUT2D eigenvalue weighted by Crippen LogP contribution is -2.01. The van der Waals surface area contributed by atoms with Crippen LogP contribution in [0.1, 0.15) is 18.1 Å². The van der Waals surface area contributed by atoms with Crippen molar-refractivity contribution in [1.82, 2.24) is 0 Å². The Bertz CT molecular complexity index is 676. The zero-order valence-electron chi connectivity index (χ0n) is 11.3. The number of hydrogen-bond acceptors (Lipinski definition) is 3. The number of nitrogens with zero attached hydrogens (tertiary/aromatic N) is 1. The second-order valence-corrected chi connectivity index (χ2v) is 5.21. The van der Waals surface area contributed by atoms with Crippen LogP contribution in [0.2, 0.25) is 0 Å². The van der Waals surface area contributed by atoms with Gasteiger partial charge in [0.15, 0.2) is 5.75 Å². The quantitative estimate of drug-likeness (QED) is 0.581. The molecule has 0 aromatic heterocycles. The molecule has 0 bridgehead atoms. The van der Waals surface area contributed by atoms with Crippen molar-refractivity contribution in [2.45, 2.75) is 20.0 Å². The van der Waals surface area contributed by atoms with Crippen molar-refractivity contribution in [3.8, 4) is 5.75 Å². The first-order chi connectivity index (χ1) is 10.0. The molecule has 0 saturated carbocycles. The van der Waals surface area contributed by atoms with Crippen LogP contribution in [-0.4, -0.2) is 4.92 Å². The molecule has 110 valence electrons. The molecule has 2 aromatic carbocycles. The monoisotopic (exact) mass is 353 g/mol. The van der Waals surface area contributed by atoms with E-state index in [4.69, 9.17) is 4.74 Å². The molecule has 0 unspecified atom stereocenters. The zero-order chi connectivity index (χ0) is 15.4. The van der Waals surface area contributed by atoms with Gasteiger partial charge in [-0.1, -0.05) is 25.1 Å². The minimum absolute atomic E-state index is 0.0463. The summed E-state index contributed by atoms with van der Waals surface area (Å²) in [4.78, 5) is 10.6. The number of halogens is 2. The molecule has 0 spiro atoms. The van der Waals surface area contributed by atoms with E-state index in [2.05, 4.69) is 15.9 Å². The molecule has 0 fully saturated rings. The Kier molecular flexibility index (Phi) is 4.90. The van der Waals surface area contributed by atoms with Crippen molar-refractivity contribution in [2.75, 3.05) is 0 Å². The van der Waals surface area contributed by atoms with Crippen LogP contribution in [0.5, 0.6) is 5.75 Å². The van der Waals surface area contributed by atoms with E-state index in [1.54, 1.807) is 24.3 Å². The van der Waals surface area contributed by atoms with Gasteiger partial charge in [-0.25, -0.2) is 4.39 Å². The number of rotatable bonds is 5. The summed E-state index contributed by atoms with van der Waals surface area (Å²) in [5.41, 5.74) is 1.37. The van der Waals surface area contributed by atoms with E-state index >= 15 is 0 Å². The SMILES string of the molecule is CCc1ccc(OCc2cccc(F)c2Br)c([N+](=O)[O-])c1. The van der Waals surface area contributed by atoms with Gasteiger partial charge in [0.05, 0.1) is 9.40 Å². The fourth-order valence-electron chi connectivity index (χ4n) is 1.86. The van der Waals surface area contributed by atoms with Crippen molar-refractivity contribution in [3.05, 3.63) is 67.9 Å². The highest BCUT2D eigenvalue weighted by Crippen LogP contribution is 2.30. The molecule has 6 heteroatoms. The lowest BCUT2D eigenvalue weighted by Gasteiger charge is -2.09. The Morgan fingerprint density at radius 1 is 1.33 bits per heavy atom. The van der Waals surface area contributed by atoms with E-state index in [0.717, 1.165) is 5.56 Å². The highest BCUT2D eigenvalue weighted by Gasteiger charge is 2.16. The largest absolute Gasteiger partial charge is 0.482 e. The average molecular weight is 354 g/mol. The van der Waals surface area contributed by atoms with Gasteiger partial charge in [0.1, 0.15) is 12.4 Å². The molecule has 0 aliphatic rings. The maximum absolute atomic E-state index is 13.4. The molecule has 0 amide bonds. The van der Waals surface area contributed by atoms with Crippen molar-refractivity contribution in [2.24, 2.45) is 0 Å². The molecule has 0 aliphatic heterocycles. The molecular weight excluding hydrogens is 341 g/mol. The fourth-order valence-corrected chi connectivity index (χ4v) is 2.24. The maximum atomic E-state index is 13.4. The van der Waals surface area contributed by atoms with Gasteiger partial charge in [-0.15, -0.1) is 0 Å². The molecule has 0 heterocycles. The van der Waals surface area contributed by atoms with Gasteiger partial charge >= 0.3 is 5.69 Å². The van der Waals surface area contributed by atoms with Gasteiger partial charge < -0.3 is 4.74 Å². The van der Waals surface area contributed by atoms with Crippen LogP contribution in [-0.2, 0) is 13.0 Å². The molecule has 0 N–H and O–H groups in total.